The number of benzene rings is 1. The van der Waals surface area contributed by atoms with Crippen LogP contribution in [0, 0.1) is 4.91 Å². The van der Waals surface area contributed by atoms with Crippen molar-refractivity contribution in [2.24, 2.45) is 5.18 Å². The van der Waals surface area contributed by atoms with E-state index in [0.717, 1.165) is 0 Å². The summed E-state index contributed by atoms with van der Waals surface area (Å²) in [5.74, 6) is 0.439. The van der Waals surface area contributed by atoms with E-state index in [2.05, 4.69) is 10.7 Å². The number of para-hydroxylation sites is 1. The summed E-state index contributed by atoms with van der Waals surface area (Å²) >= 11 is 0. The molecule has 1 aliphatic rings. The number of rotatable bonds is 4. The second kappa shape index (κ2) is 4.17. The minimum absolute atomic E-state index is 0.203. The van der Waals surface area contributed by atoms with Gasteiger partial charge in [0.1, 0.15) is 0 Å². The van der Waals surface area contributed by atoms with Crippen LogP contribution in [0.25, 0.3) is 0 Å². The summed E-state index contributed by atoms with van der Waals surface area (Å²) in [5, 5.41) is 2.85. The summed E-state index contributed by atoms with van der Waals surface area (Å²) in [4.78, 5) is 15.6. The lowest BCUT2D eigenvalue weighted by atomic mass is 10.3. The van der Waals surface area contributed by atoms with Crippen LogP contribution in [-0.2, 0) is 4.74 Å². The van der Waals surface area contributed by atoms with Gasteiger partial charge in [-0.25, -0.2) is 0 Å². The minimum atomic E-state index is 0.203. The number of nitroso groups, excluding NO2 is 1. The summed E-state index contributed by atoms with van der Waals surface area (Å²) in [6.45, 7) is 1.27. The van der Waals surface area contributed by atoms with Gasteiger partial charge >= 0.3 is 0 Å². The number of nitrogens with zero attached hydrogens (tertiary/aromatic N) is 1. The molecule has 1 aromatic carbocycles. The van der Waals surface area contributed by atoms with Crippen LogP contribution in [0.15, 0.2) is 29.4 Å². The number of hydroxylamine groups is 1. The van der Waals surface area contributed by atoms with Crippen molar-refractivity contribution < 1.29 is 9.57 Å². The zero-order valence-electron chi connectivity index (χ0n) is 7.47. The highest BCUT2D eigenvalue weighted by atomic mass is 16.7. The van der Waals surface area contributed by atoms with Crippen LogP contribution in [0.2, 0.25) is 0 Å². The van der Waals surface area contributed by atoms with E-state index in [1.54, 1.807) is 24.3 Å². The molecule has 0 atom stereocenters. The lowest BCUT2D eigenvalue weighted by Gasteiger charge is -2.26. The molecular weight excluding hydrogens is 184 g/mol. The Bertz CT molecular complexity index is 326. The predicted octanol–water partition coefficient (Wildman–Crippen LogP) is 1.37. The van der Waals surface area contributed by atoms with Crippen molar-refractivity contribution in [3.8, 4) is 5.75 Å². The molecule has 0 radical (unpaired) electrons. The first-order chi connectivity index (χ1) is 6.90. The molecule has 0 aromatic heterocycles. The molecule has 0 bridgehead atoms. The summed E-state index contributed by atoms with van der Waals surface area (Å²) in [7, 11) is 0. The Morgan fingerprint density at radius 1 is 1.43 bits per heavy atom. The maximum atomic E-state index is 10.4. The summed E-state index contributed by atoms with van der Waals surface area (Å²) in [6, 6.07) is 7.00. The molecular formula is C9H10N2O3. The van der Waals surface area contributed by atoms with Gasteiger partial charge in [-0.1, -0.05) is 12.1 Å². The monoisotopic (exact) mass is 194 g/mol. The Morgan fingerprint density at radius 3 is 2.86 bits per heavy atom. The van der Waals surface area contributed by atoms with Crippen molar-refractivity contribution in [3.05, 3.63) is 29.2 Å². The van der Waals surface area contributed by atoms with Crippen molar-refractivity contribution in [3.63, 3.8) is 0 Å². The van der Waals surface area contributed by atoms with E-state index in [9.17, 15) is 4.91 Å². The van der Waals surface area contributed by atoms with E-state index in [0.29, 0.717) is 24.7 Å². The quantitative estimate of drug-likeness (QED) is 0.580. The van der Waals surface area contributed by atoms with Gasteiger partial charge in [0.25, 0.3) is 0 Å². The fraction of sp³-hybridized carbons (Fsp3) is 0.333. The smallest absolute Gasteiger partial charge is 0.176 e. The normalized spacial score (nSPS) is 16.0. The average molecular weight is 194 g/mol. The molecule has 5 nitrogen and oxygen atoms in total. The molecule has 1 aromatic rings. The summed E-state index contributed by atoms with van der Waals surface area (Å²) < 4.78 is 4.95. The fourth-order valence-electron chi connectivity index (χ4n) is 1.07. The van der Waals surface area contributed by atoms with E-state index in [-0.39, 0.29) is 6.04 Å². The van der Waals surface area contributed by atoms with E-state index >= 15 is 0 Å². The molecule has 0 spiro atoms. The highest BCUT2D eigenvalue weighted by Crippen LogP contribution is 2.25. The molecule has 5 heteroatoms. The van der Waals surface area contributed by atoms with Crippen molar-refractivity contribution >= 4 is 5.69 Å². The van der Waals surface area contributed by atoms with Gasteiger partial charge in [-0.3, -0.25) is 0 Å². The molecule has 2 rings (SSSR count). The molecule has 1 aliphatic heterocycles. The van der Waals surface area contributed by atoms with E-state index in [1.807, 2.05) is 0 Å². The van der Waals surface area contributed by atoms with Crippen LogP contribution in [0.5, 0.6) is 5.75 Å². The third kappa shape index (κ3) is 1.89. The zero-order chi connectivity index (χ0) is 9.80. The topological polar surface area (TPSA) is 59.9 Å². The molecule has 0 aliphatic carbocycles. The third-order valence-electron chi connectivity index (χ3n) is 1.94. The fourth-order valence-corrected chi connectivity index (χ4v) is 1.07. The zero-order valence-corrected chi connectivity index (χ0v) is 7.47. The molecule has 0 saturated carbocycles. The Morgan fingerprint density at radius 2 is 2.21 bits per heavy atom. The number of hydrogen-bond acceptors (Lipinski definition) is 5. The lowest BCUT2D eigenvalue weighted by Crippen LogP contribution is -2.47. The summed E-state index contributed by atoms with van der Waals surface area (Å²) in [5.41, 5.74) is 3.08. The van der Waals surface area contributed by atoms with Gasteiger partial charge in [-0.15, -0.1) is 10.4 Å². The Balaban J connectivity index is 1.96. The number of nitrogens with one attached hydrogen (secondary N) is 1. The van der Waals surface area contributed by atoms with Gasteiger partial charge in [-0.05, 0) is 17.3 Å². The van der Waals surface area contributed by atoms with Crippen molar-refractivity contribution in [2.45, 2.75) is 6.04 Å². The Labute approximate surface area is 80.9 Å². The van der Waals surface area contributed by atoms with Gasteiger partial charge < -0.3 is 9.57 Å². The lowest BCUT2D eigenvalue weighted by molar-refractivity contribution is -0.0487. The Kier molecular flexibility index (Phi) is 2.71. The first-order valence-corrected chi connectivity index (χ1v) is 4.32. The second-order valence-electron chi connectivity index (χ2n) is 3.01. The minimum Gasteiger partial charge on any atom is -0.406 e. The molecule has 1 N–H and O–H groups in total. The molecule has 0 amide bonds. The van der Waals surface area contributed by atoms with Gasteiger partial charge in [0.05, 0.1) is 19.3 Å². The van der Waals surface area contributed by atoms with Crippen molar-refractivity contribution in [1.29, 1.82) is 0 Å². The van der Waals surface area contributed by atoms with Crippen LogP contribution >= 0.6 is 0 Å². The Hall–Kier alpha value is -1.46. The van der Waals surface area contributed by atoms with Gasteiger partial charge in [-0.2, -0.15) is 0 Å². The molecule has 1 heterocycles. The molecule has 1 fully saturated rings. The van der Waals surface area contributed by atoms with Crippen LogP contribution in [-0.4, -0.2) is 19.3 Å². The summed E-state index contributed by atoms with van der Waals surface area (Å²) in [6.07, 6.45) is 0. The van der Waals surface area contributed by atoms with Crippen molar-refractivity contribution in [1.82, 2.24) is 5.48 Å². The molecule has 0 unspecified atom stereocenters. The van der Waals surface area contributed by atoms with Gasteiger partial charge in [0.15, 0.2) is 11.4 Å². The average Bonchev–Trinajstić information content (AvgIpc) is 2.16. The largest absolute Gasteiger partial charge is 0.406 e. The second-order valence-corrected chi connectivity index (χ2v) is 3.01. The third-order valence-corrected chi connectivity index (χ3v) is 1.94. The van der Waals surface area contributed by atoms with Gasteiger partial charge in [0, 0.05) is 0 Å². The molecule has 74 valence electrons. The maximum Gasteiger partial charge on any atom is 0.176 e. The van der Waals surface area contributed by atoms with Crippen LogP contribution in [0.4, 0.5) is 5.69 Å². The first kappa shape index (κ1) is 9.11. The molecule has 1 saturated heterocycles. The number of ether oxygens (including phenoxy) is 1. The number of hydrogen-bond donors (Lipinski definition) is 1. The first-order valence-electron chi connectivity index (χ1n) is 4.32. The van der Waals surface area contributed by atoms with E-state index in [1.165, 1.54) is 0 Å². The van der Waals surface area contributed by atoms with E-state index in [4.69, 9.17) is 9.57 Å². The molecule has 14 heavy (non-hydrogen) atoms. The highest BCUT2D eigenvalue weighted by molar-refractivity contribution is 5.50. The standard InChI is InChI=1S/C9H10N2O3/c12-10-8-3-1-2-4-9(8)14-11-7-5-13-6-7/h1-4,7,11H,5-6H2. The van der Waals surface area contributed by atoms with Crippen molar-refractivity contribution in [2.75, 3.05) is 13.2 Å². The van der Waals surface area contributed by atoms with Gasteiger partial charge in [0.2, 0.25) is 0 Å². The van der Waals surface area contributed by atoms with Crippen LogP contribution in [0.1, 0.15) is 0 Å². The van der Waals surface area contributed by atoms with Crippen LogP contribution in [0.3, 0.4) is 0 Å². The van der Waals surface area contributed by atoms with E-state index < -0.39 is 0 Å². The predicted molar refractivity (Wildman–Crippen MR) is 50.3 cm³/mol. The highest BCUT2D eigenvalue weighted by Gasteiger charge is 2.18. The SMILES string of the molecule is O=Nc1ccccc1ONC1COC1. The maximum absolute atomic E-state index is 10.4. The van der Waals surface area contributed by atoms with Crippen LogP contribution < -0.4 is 10.3 Å².